The van der Waals surface area contributed by atoms with Crippen LogP contribution in [0.15, 0.2) is 70.1 Å². The normalized spacial score (nSPS) is 12.7. The Morgan fingerprint density at radius 2 is 1.26 bits per heavy atom. The molecule has 210 valence electrons. The molecule has 0 aliphatic heterocycles. The van der Waals surface area contributed by atoms with Gasteiger partial charge in [0.2, 0.25) is 15.9 Å². The van der Waals surface area contributed by atoms with E-state index in [2.05, 4.69) is 24.4 Å². The van der Waals surface area contributed by atoms with Crippen LogP contribution < -0.4 is 5.32 Å². The number of unbranched alkanes of at least 4 members (excludes halogenated alkanes) is 1. The highest BCUT2D eigenvalue weighted by atomic mass is 32.2. The highest BCUT2D eigenvalue weighted by molar-refractivity contribution is 7.89. The van der Waals surface area contributed by atoms with Crippen molar-refractivity contribution in [3.8, 4) is 0 Å². The number of rotatable bonds is 17. The predicted octanol–water partition coefficient (Wildman–Crippen LogP) is 6.64. The standard InChI is InChI=1S/C28H35N3O3S5/c1-2-3-12-27(28(32)30(19-23-8-4-14-35-23)20-24-9-5-15-36-24)29-13-18-39(33,34)31(21-25-10-6-16-37-25)22-26-11-7-17-38-26/h4-11,14-17,27,29H,2-3,12-13,18-22H2,1H3. The van der Waals surface area contributed by atoms with Crippen molar-refractivity contribution in [2.24, 2.45) is 0 Å². The van der Waals surface area contributed by atoms with Crippen molar-refractivity contribution >= 4 is 61.3 Å². The maximum atomic E-state index is 13.8. The fourth-order valence-electron chi connectivity index (χ4n) is 4.23. The summed E-state index contributed by atoms with van der Waals surface area (Å²) in [5.74, 6) is -0.0353. The Labute approximate surface area is 248 Å². The van der Waals surface area contributed by atoms with E-state index in [1.807, 2.05) is 62.8 Å². The van der Waals surface area contributed by atoms with Gasteiger partial charge in [-0.1, -0.05) is 44.0 Å². The predicted molar refractivity (Wildman–Crippen MR) is 166 cm³/mol. The van der Waals surface area contributed by atoms with E-state index in [0.29, 0.717) is 32.6 Å². The van der Waals surface area contributed by atoms with E-state index < -0.39 is 16.1 Å². The van der Waals surface area contributed by atoms with Gasteiger partial charge in [0, 0.05) is 39.1 Å². The molecule has 0 aromatic carbocycles. The second kappa shape index (κ2) is 15.2. The third-order valence-electron chi connectivity index (χ3n) is 6.28. The van der Waals surface area contributed by atoms with Gasteiger partial charge in [-0.2, -0.15) is 4.31 Å². The monoisotopic (exact) mass is 621 g/mol. The molecule has 0 saturated heterocycles. The summed E-state index contributed by atoms with van der Waals surface area (Å²) in [6.45, 7) is 4.13. The van der Waals surface area contributed by atoms with Gasteiger partial charge in [0.15, 0.2) is 0 Å². The van der Waals surface area contributed by atoms with Crippen LogP contribution in [-0.4, -0.2) is 41.9 Å². The lowest BCUT2D eigenvalue weighted by atomic mass is 10.1. The van der Waals surface area contributed by atoms with Gasteiger partial charge in [0.1, 0.15) is 0 Å². The summed E-state index contributed by atoms with van der Waals surface area (Å²) in [5, 5.41) is 11.3. The van der Waals surface area contributed by atoms with Crippen molar-refractivity contribution in [1.82, 2.24) is 14.5 Å². The topological polar surface area (TPSA) is 69.7 Å². The number of hydrogen-bond donors (Lipinski definition) is 1. The second-order valence-corrected chi connectivity index (χ2v) is 15.5. The van der Waals surface area contributed by atoms with Crippen LogP contribution in [0.5, 0.6) is 0 Å². The summed E-state index contributed by atoms with van der Waals surface area (Å²) in [6.07, 6.45) is 2.54. The summed E-state index contributed by atoms with van der Waals surface area (Å²) in [7, 11) is -3.56. The third-order valence-corrected chi connectivity index (χ3v) is 11.5. The SMILES string of the molecule is CCCCC(NCCS(=O)(=O)N(Cc1cccs1)Cc1cccs1)C(=O)N(Cc1cccs1)Cc1cccs1. The van der Waals surface area contributed by atoms with Crippen molar-refractivity contribution < 1.29 is 13.2 Å². The number of nitrogens with zero attached hydrogens (tertiary/aromatic N) is 2. The van der Waals surface area contributed by atoms with Crippen LogP contribution in [0.4, 0.5) is 0 Å². The van der Waals surface area contributed by atoms with Crippen LogP contribution >= 0.6 is 45.3 Å². The first-order chi connectivity index (χ1) is 18.9. The van der Waals surface area contributed by atoms with Gasteiger partial charge >= 0.3 is 0 Å². The molecule has 0 fully saturated rings. The summed E-state index contributed by atoms with van der Waals surface area (Å²) < 4.78 is 28.6. The van der Waals surface area contributed by atoms with Gasteiger partial charge in [-0.25, -0.2) is 8.42 Å². The first kappa shape index (κ1) is 30.1. The molecule has 4 heterocycles. The molecular formula is C28H35N3O3S5. The molecule has 0 aliphatic rings. The van der Waals surface area contributed by atoms with Gasteiger partial charge in [-0.15, -0.1) is 45.3 Å². The Morgan fingerprint density at radius 1 is 0.795 bits per heavy atom. The maximum Gasteiger partial charge on any atom is 0.240 e. The van der Waals surface area contributed by atoms with Crippen molar-refractivity contribution in [1.29, 1.82) is 0 Å². The minimum absolute atomic E-state index is 0.0247. The van der Waals surface area contributed by atoms with Crippen molar-refractivity contribution in [2.75, 3.05) is 12.3 Å². The van der Waals surface area contributed by atoms with Gasteiger partial charge in [0.05, 0.1) is 24.9 Å². The van der Waals surface area contributed by atoms with Crippen molar-refractivity contribution in [3.05, 3.63) is 89.6 Å². The minimum atomic E-state index is -3.56. The molecule has 39 heavy (non-hydrogen) atoms. The summed E-state index contributed by atoms with van der Waals surface area (Å²) >= 11 is 6.41. The van der Waals surface area contributed by atoms with Crippen molar-refractivity contribution in [3.63, 3.8) is 0 Å². The van der Waals surface area contributed by atoms with Crippen LogP contribution in [0.1, 0.15) is 45.7 Å². The number of hydrogen-bond acceptors (Lipinski definition) is 8. The number of carbonyl (C=O) groups is 1. The minimum Gasteiger partial charge on any atom is -0.331 e. The molecule has 0 aliphatic carbocycles. The van der Waals surface area contributed by atoms with Crippen LogP contribution in [0, 0.1) is 0 Å². The molecule has 1 unspecified atom stereocenters. The molecule has 1 atom stereocenters. The zero-order valence-electron chi connectivity index (χ0n) is 22.0. The lowest BCUT2D eigenvalue weighted by Gasteiger charge is -2.28. The number of nitrogens with one attached hydrogen (secondary N) is 1. The van der Waals surface area contributed by atoms with E-state index in [9.17, 15) is 13.2 Å². The van der Waals surface area contributed by atoms with Crippen molar-refractivity contribution in [2.45, 2.75) is 58.4 Å². The average Bonchev–Trinajstić information content (AvgIpc) is 3.74. The van der Waals surface area contributed by atoms with E-state index in [4.69, 9.17) is 0 Å². The Hall–Kier alpha value is -1.86. The molecule has 0 radical (unpaired) electrons. The molecule has 0 bridgehead atoms. The quantitative estimate of drug-likeness (QED) is 0.144. The zero-order valence-corrected chi connectivity index (χ0v) is 26.1. The lowest BCUT2D eigenvalue weighted by molar-refractivity contribution is -0.134. The highest BCUT2D eigenvalue weighted by Gasteiger charge is 2.27. The molecule has 4 aromatic heterocycles. The van der Waals surface area contributed by atoms with E-state index in [1.165, 1.54) is 0 Å². The van der Waals surface area contributed by atoms with E-state index in [-0.39, 0.29) is 18.2 Å². The van der Waals surface area contributed by atoms with E-state index >= 15 is 0 Å². The number of carbonyl (C=O) groups excluding carboxylic acids is 1. The molecule has 0 spiro atoms. The fraction of sp³-hybridized carbons (Fsp3) is 0.393. The molecule has 1 N–H and O–H groups in total. The van der Waals surface area contributed by atoms with Gasteiger partial charge in [0.25, 0.3) is 0 Å². The molecule has 6 nitrogen and oxygen atoms in total. The second-order valence-electron chi connectivity index (χ2n) is 9.24. The molecule has 4 aromatic rings. The molecule has 1 amide bonds. The molecule has 11 heteroatoms. The Morgan fingerprint density at radius 3 is 1.67 bits per heavy atom. The third kappa shape index (κ3) is 9.34. The summed E-state index contributed by atoms with van der Waals surface area (Å²) in [5.41, 5.74) is 0. The zero-order chi connectivity index (χ0) is 27.5. The van der Waals surface area contributed by atoms with Gasteiger partial charge in [-0.05, 0) is 52.2 Å². The summed E-state index contributed by atoms with van der Waals surface area (Å²) in [4.78, 5) is 20.0. The largest absolute Gasteiger partial charge is 0.331 e. The van der Waals surface area contributed by atoms with Crippen LogP contribution in [0.25, 0.3) is 0 Å². The highest BCUT2D eigenvalue weighted by Crippen LogP contribution is 2.21. The number of sulfonamides is 1. The van der Waals surface area contributed by atoms with E-state index in [0.717, 1.165) is 32.4 Å². The maximum absolute atomic E-state index is 13.8. The lowest BCUT2D eigenvalue weighted by Crippen LogP contribution is -2.47. The molecule has 0 saturated carbocycles. The molecular weight excluding hydrogens is 587 g/mol. The smallest absolute Gasteiger partial charge is 0.240 e. The summed E-state index contributed by atoms with van der Waals surface area (Å²) in [6, 6.07) is 15.5. The average molecular weight is 622 g/mol. The Kier molecular flexibility index (Phi) is 11.8. The van der Waals surface area contributed by atoms with Gasteiger partial charge < -0.3 is 10.2 Å². The Bertz CT molecular complexity index is 1250. The fourth-order valence-corrected chi connectivity index (χ4v) is 8.58. The number of amides is 1. The van der Waals surface area contributed by atoms with E-state index in [1.54, 1.807) is 49.7 Å². The van der Waals surface area contributed by atoms with Crippen LogP contribution in [0.3, 0.4) is 0 Å². The van der Waals surface area contributed by atoms with Gasteiger partial charge in [-0.3, -0.25) is 4.79 Å². The van der Waals surface area contributed by atoms with Crippen LogP contribution in [0.2, 0.25) is 0 Å². The van der Waals surface area contributed by atoms with Crippen LogP contribution in [-0.2, 0) is 41.0 Å². The first-order valence-electron chi connectivity index (χ1n) is 13.0. The number of thiophene rings is 4. The molecule has 4 rings (SSSR count). The first-order valence-corrected chi connectivity index (χ1v) is 18.2. The Balaban J connectivity index is 1.43.